The number of rotatable bonds is 1. The molecule has 0 aromatic carbocycles. The maximum atomic E-state index is 5.59. The minimum atomic E-state index is 0.682. The highest BCUT2D eigenvalue weighted by molar-refractivity contribution is 5.44. The summed E-state index contributed by atoms with van der Waals surface area (Å²) in [6.45, 7) is 1.97. The first-order chi connectivity index (χ1) is 6.27. The predicted molar refractivity (Wildman–Crippen MR) is 50.5 cm³/mol. The van der Waals surface area contributed by atoms with E-state index in [1.807, 2.05) is 23.8 Å². The molecule has 2 aromatic heterocycles. The summed E-state index contributed by atoms with van der Waals surface area (Å²) in [5.74, 6) is 0.867. The molecule has 2 heterocycles. The first kappa shape index (κ1) is 7.79. The Hall–Kier alpha value is -1.84. The van der Waals surface area contributed by atoms with Gasteiger partial charge in [0.25, 0.3) is 0 Å². The van der Waals surface area contributed by atoms with Crippen molar-refractivity contribution in [3.63, 3.8) is 0 Å². The van der Waals surface area contributed by atoms with Crippen LogP contribution in [0.5, 0.6) is 0 Å². The van der Waals surface area contributed by atoms with Crippen molar-refractivity contribution >= 4 is 5.69 Å². The summed E-state index contributed by atoms with van der Waals surface area (Å²) < 4.78 is 1.86. The Bertz CT molecular complexity index is 406. The van der Waals surface area contributed by atoms with E-state index < -0.39 is 0 Å². The van der Waals surface area contributed by atoms with Crippen molar-refractivity contribution < 1.29 is 0 Å². The van der Waals surface area contributed by atoms with E-state index in [2.05, 4.69) is 9.97 Å². The maximum Gasteiger partial charge on any atom is 0.140 e. The summed E-state index contributed by atoms with van der Waals surface area (Å²) in [4.78, 5) is 8.17. The summed E-state index contributed by atoms with van der Waals surface area (Å²) in [5, 5.41) is 0. The molecule has 4 nitrogen and oxygen atoms in total. The molecule has 0 unspecified atom stereocenters. The second kappa shape index (κ2) is 2.90. The Labute approximate surface area is 76.1 Å². The second-order valence-electron chi connectivity index (χ2n) is 2.88. The lowest BCUT2D eigenvalue weighted by Gasteiger charge is -2.04. The van der Waals surface area contributed by atoms with Crippen molar-refractivity contribution in [1.29, 1.82) is 0 Å². The molecule has 66 valence electrons. The topological polar surface area (TPSA) is 56.7 Å². The third kappa shape index (κ3) is 1.38. The fourth-order valence-electron chi connectivity index (χ4n) is 1.24. The quantitative estimate of drug-likeness (QED) is 0.705. The first-order valence-corrected chi connectivity index (χ1v) is 3.98. The van der Waals surface area contributed by atoms with E-state index in [0.717, 1.165) is 11.4 Å². The van der Waals surface area contributed by atoms with Gasteiger partial charge in [-0.3, -0.25) is 4.57 Å². The van der Waals surface area contributed by atoms with Gasteiger partial charge < -0.3 is 5.73 Å². The summed E-state index contributed by atoms with van der Waals surface area (Å²) in [6.07, 6.45) is 6.93. The van der Waals surface area contributed by atoms with E-state index >= 15 is 0 Å². The fourth-order valence-corrected chi connectivity index (χ4v) is 1.24. The average Bonchev–Trinajstić information content (AvgIpc) is 2.56. The lowest BCUT2D eigenvalue weighted by atomic mass is 10.2. The van der Waals surface area contributed by atoms with E-state index in [4.69, 9.17) is 5.73 Å². The largest absolute Gasteiger partial charge is 0.397 e. The Balaban J connectivity index is 2.53. The molecule has 2 N–H and O–H groups in total. The number of pyridine rings is 1. The van der Waals surface area contributed by atoms with Gasteiger partial charge in [-0.1, -0.05) is 0 Å². The Morgan fingerprint density at radius 2 is 2.31 bits per heavy atom. The zero-order chi connectivity index (χ0) is 9.26. The van der Waals surface area contributed by atoms with E-state index in [9.17, 15) is 0 Å². The van der Waals surface area contributed by atoms with Crippen molar-refractivity contribution in [2.45, 2.75) is 6.92 Å². The highest BCUT2D eigenvalue weighted by atomic mass is 15.1. The minimum Gasteiger partial charge on any atom is -0.397 e. The van der Waals surface area contributed by atoms with Gasteiger partial charge in [-0.2, -0.15) is 0 Å². The standard InChI is InChI=1S/C9H10N4/c1-7-4-8(10)5-12-9(7)13-3-2-11-6-13/h2-6H,10H2,1H3. The number of aromatic nitrogens is 3. The molecular formula is C9H10N4. The van der Waals surface area contributed by atoms with Crippen LogP contribution in [0.25, 0.3) is 5.82 Å². The molecule has 0 aliphatic rings. The van der Waals surface area contributed by atoms with Gasteiger partial charge in [0.1, 0.15) is 12.1 Å². The predicted octanol–water partition coefficient (Wildman–Crippen LogP) is 1.16. The number of imidazole rings is 1. The summed E-state index contributed by atoms with van der Waals surface area (Å²) in [6, 6.07) is 1.89. The van der Waals surface area contributed by atoms with E-state index in [-0.39, 0.29) is 0 Å². The molecule has 0 fully saturated rings. The lowest BCUT2D eigenvalue weighted by Crippen LogP contribution is -1.99. The maximum absolute atomic E-state index is 5.59. The van der Waals surface area contributed by atoms with Crippen LogP contribution in [0.1, 0.15) is 5.56 Å². The number of nitrogens with two attached hydrogens (primary N) is 1. The smallest absolute Gasteiger partial charge is 0.140 e. The van der Waals surface area contributed by atoms with Crippen molar-refractivity contribution in [3.05, 3.63) is 36.5 Å². The molecule has 2 rings (SSSR count). The minimum absolute atomic E-state index is 0.682. The van der Waals surface area contributed by atoms with E-state index in [1.54, 1.807) is 18.7 Å². The summed E-state index contributed by atoms with van der Waals surface area (Å²) in [5.41, 5.74) is 7.32. The van der Waals surface area contributed by atoms with Crippen LogP contribution < -0.4 is 5.73 Å². The molecule has 0 spiro atoms. The summed E-state index contributed by atoms with van der Waals surface area (Å²) >= 11 is 0. The fraction of sp³-hybridized carbons (Fsp3) is 0.111. The van der Waals surface area contributed by atoms with Gasteiger partial charge in [0.15, 0.2) is 0 Å². The molecule has 0 atom stereocenters. The Morgan fingerprint density at radius 3 is 2.92 bits per heavy atom. The Morgan fingerprint density at radius 1 is 1.46 bits per heavy atom. The van der Waals surface area contributed by atoms with Gasteiger partial charge in [0, 0.05) is 12.4 Å². The van der Waals surface area contributed by atoms with Crippen LogP contribution in [-0.4, -0.2) is 14.5 Å². The van der Waals surface area contributed by atoms with Crippen LogP contribution in [0.4, 0.5) is 5.69 Å². The van der Waals surface area contributed by atoms with Gasteiger partial charge in [0.2, 0.25) is 0 Å². The van der Waals surface area contributed by atoms with Crippen molar-refractivity contribution in [3.8, 4) is 5.82 Å². The molecule has 0 radical (unpaired) electrons. The van der Waals surface area contributed by atoms with Crippen LogP contribution in [0, 0.1) is 6.92 Å². The number of hydrogen-bond acceptors (Lipinski definition) is 3. The normalized spacial score (nSPS) is 10.2. The van der Waals surface area contributed by atoms with Gasteiger partial charge in [-0.15, -0.1) is 0 Å². The van der Waals surface area contributed by atoms with E-state index in [0.29, 0.717) is 5.69 Å². The number of hydrogen-bond donors (Lipinski definition) is 1. The van der Waals surface area contributed by atoms with Crippen molar-refractivity contribution in [2.75, 3.05) is 5.73 Å². The van der Waals surface area contributed by atoms with E-state index in [1.165, 1.54) is 0 Å². The van der Waals surface area contributed by atoms with Crippen LogP contribution in [0.3, 0.4) is 0 Å². The van der Waals surface area contributed by atoms with Crippen LogP contribution in [0.15, 0.2) is 31.0 Å². The molecule has 0 saturated heterocycles. The molecule has 0 aliphatic carbocycles. The Kier molecular flexibility index (Phi) is 1.73. The third-order valence-corrected chi connectivity index (χ3v) is 1.82. The first-order valence-electron chi connectivity index (χ1n) is 3.98. The number of nitrogen functional groups attached to an aromatic ring is 1. The third-order valence-electron chi connectivity index (χ3n) is 1.82. The summed E-state index contributed by atoms with van der Waals surface area (Å²) in [7, 11) is 0. The average molecular weight is 174 g/mol. The molecule has 4 heteroatoms. The number of nitrogens with zero attached hydrogens (tertiary/aromatic N) is 3. The highest BCUT2D eigenvalue weighted by Crippen LogP contribution is 2.12. The monoisotopic (exact) mass is 174 g/mol. The zero-order valence-corrected chi connectivity index (χ0v) is 7.31. The SMILES string of the molecule is Cc1cc(N)cnc1-n1ccnc1. The van der Waals surface area contributed by atoms with Gasteiger partial charge >= 0.3 is 0 Å². The van der Waals surface area contributed by atoms with Gasteiger partial charge in [-0.05, 0) is 18.6 Å². The molecule has 0 bridgehead atoms. The van der Waals surface area contributed by atoms with Crippen LogP contribution in [-0.2, 0) is 0 Å². The lowest BCUT2D eigenvalue weighted by molar-refractivity contribution is 0.976. The zero-order valence-electron chi connectivity index (χ0n) is 7.31. The number of anilines is 1. The molecule has 2 aromatic rings. The highest BCUT2D eigenvalue weighted by Gasteiger charge is 2.01. The van der Waals surface area contributed by atoms with Crippen molar-refractivity contribution in [1.82, 2.24) is 14.5 Å². The molecular weight excluding hydrogens is 164 g/mol. The molecule has 0 saturated carbocycles. The van der Waals surface area contributed by atoms with Crippen molar-refractivity contribution in [2.24, 2.45) is 0 Å². The molecule has 0 amide bonds. The van der Waals surface area contributed by atoms with Crippen LogP contribution >= 0.6 is 0 Å². The second-order valence-corrected chi connectivity index (χ2v) is 2.88. The number of aryl methyl sites for hydroxylation is 1. The van der Waals surface area contributed by atoms with Gasteiger partial charge in [0.05, 0.1) is 11.9 Å². The van der Waals surface area contributed by atoms with Gasteiger partial charge in [-0.25, -0.2) is 9.97 Å². The molecule has 13 heavy (non-hydrogen) atoms. The molecule has 0 aliphatic heterocycles. The van der Waals surface area contributed by atoms with Crippen LogP contribution in [0.2, 0.25) is 0 Å².